The monoisotopic (exact) mass is 287 g/mol. The van der Waals surface area contributed by atoms with Gasteiger partial charge in [0.25, 0.3) is 0 Å². The molecule has 0 bridgehead atoms. The molecule has 2 N–H and O–H groups in total. The number of primary sulfonamides is 1. The van der Waals surface area contributed by atoms with Gasteiger partial charge in [-0.2, -0.15) is 0 Å². The summed E-state index contributed by atoms with van der Waals surface area (Å²) in [5, 5.41) is 5.05. The van der Waals surface area contributed by atoms with Crippen LogP contribution in [0.1, 0.15) is 17.5 Å². The van der Waals surface area contributed by atoms with Crippen molar-refractivity contribution in [2.75, 3.05) is 0 Å². The molecule has 0 amide bonds. The third-order valence-corrected chi connectivity index (χ3v) is 3.89. The molecule has 0 radical (unpaired) electrons. The third kappa shape index (κ3) is 4.33. The van der Waals surface area contributed by atoms with Gasteiger partial charge in [0.1, 0.15) is 0 Å². The predicted octanol–water partition coefficient (Wildman–Crippen LogP) is 2.98. The van der Waals surface area contributed by atoms with Gasteiger partial charge in [-0.05, 0) is 36.1 Å². The van der Waals surface area contributed by atoms with Gasteiger partial charge in [0, 0.05) is 0 Å². The van der Waals surface area contributed by atoms with E-state index in [2.05, 4.69) is 24.3 Å². The Bertz CT molecular complexity index is 674. The van der Waals surface area contributed by atoms with Crippen LogP contribution in [-0.4, -0.2) is 8.42 Å². The van der Waals surface area contributed by atoms with E-state index in [1.165, 1.54) is 5.56 Å². The summed E-state index contributed by atoms with van der Waals surface area (Å²) >= 11 is 0. The normalized spacial score (nSPS) is 11.8. The largest absolute Gasteiger partial charge is 0.238 e. The standard InChI is InChI=1S/C16H17NO2S/c17-20(18,19)16-12-10-15(11-13-16)9-5-4-8-14-6-2-1-3-7-14/h1-4,6-8,10-13H,5,9H2,(H2,17,18,19). The number of nitrogens with two attached hydrogens (primary N) is 1. The second kappa shape index (κ2) is 6.50. The lowest BCUT2D eigenvalue weighted by molar-refractivity contribution is 0.598. The van der Waals surface area contributed by atoms with E-state index in [1.54, 1.807) is 24.3 Å². The van der Waals surface area contributed by atoms with Crippen LogP contribution in [0.25, 0.3) is 6.08 Å². The number of rotatable bonds is 5. The van der Waals surface area contributed by atoms with Crippen LogP contribution in [0.5, 0.6) is 0 Å². The molecule has 0 aromatic heterocycles. The van der Waals surface area contributed by atoms with Crippen molar-refractivity contribution in [2.45, 2.75) is 17.7 Å². The maximum absolute atomic E-state index is 11.1. The van der Waals surface area contributed by atoms with Gasteiger partial charge in [-0.25, -0.2) is 13.6 Å². The minimum atomic E-state index is -3.59. The molecule has 20 heavy (non-hydrogen) atoms. The van der Waals surface area contributed by atoms with Gasteiger partial charge in [0.2, 0.25) is 10.0 Å². The molecular formula is C16H17NO2S. The second-order valence-corrected chi connectivity index (χ2v) is 6.10. The minimum absolute atomic E-state index is 0.154. The molecule has 2 aromatic carbocycles. The van der Waals surface area contributed by atoms with Crippen molar-refractivity contribution in [3.8, 4) is 0 Å². The van der Waals surface area contributed by atoms with E-state index in [0.29, 0.717) is 0 Å². The Morgan fingerprint density at radius 2 is 1.60 bits per heavy atom. The predicted molar refractivity (Wildman–Crippen MR) is 81.6 cm³/mol. The average Bonchev–Trinajstić information content (AvgIpc) is 2.44. The molecule has 4 heteroatoms. The lowest BCUT2D eigenvalue weighted by Gasteiger charge is -2.01. The van der Waals surface area contributed by atoms with E-state index in [4.69, 9.17) is 5.14 Å². The summed E-state index contributed by atoms with van der Waals surface area (Å²) in [5.74, 6) is 0. The Morgan fingerprint density at radius 1 is 0.950 bits per heavy atom. The van der Waals surface area contributed by atoms with Crippen molar-refractivity contribution in [3.63, 3.8) is 0 Å². The van der Waals surface area contributed by atoms with E-state index in [0.717, 1.165) is 18.4 Å². The fourth-order valence-corrected chi connectivity index (χ4v) is 2.39. The second-order valence-electron chi connectivity index (χ2n) is 4.54. The van der Waals surface area contributed by atoms with Gasteiger partial charge in [-0.1, -0.05) is 54.6 Å². The van der Waals surface area contributed by atoms with Crippen molar-refractivity contribution >= 4 is 16.1 Å². The summed E-state index contributed by atoms with van der Waals surface area (Å²) in [7, 11) is -3.59. The number of sulfonamides is 1. The lowest BCUT2D eigenvalue weighted by atomic mass is 10.1. The van der Waals surface area contributed by atoms with Gasteiger partial charge >= 0.3 is 0 Å². The highest BCUT2D eigenvalue weighted by atomic mass is 32.2. The first-order valence-electron chi connectivity index (χ1n) is 6.39. The van der Waals surface area contributed by atoms with Crippen molar-refractivity contribution in [3.05, 3.63) is 71.8 Å². The molecule has 2 aromatic rings. The van der Waals surface area contributed by atoms with Crippen molar-refractivity contribution in [2.24, 2.45) is 5.14 Å². The maximum atomic E-state index is 11.1. The summed E-state index contributed by atoms with van der Waals surface area (Å²) in [5.41, 5.74) is 2.27. The van der Waals surface area contributed by atoms with Gasteiger partial charge in [-0.15, -0.1) is 0 Å². The van der Waals surface area contributed by atoms with Crippen LogP contribution in [0, 0.1) is 0 Å². The molecule has 0 fully saturated rings. The summed E-state index contributed by atoms with van der Waals surface area (Å²) < 4.78 is 22.3. The van der Waals surface area contributed by atoms with Crippen LogP contribution in [-0.2, 0) is 16.4 Å². The zero-order chi connectivity index (χ0) is 14.4. The number of benzene rings is 2. The maximum Gasteiger partial charge on any atom is 0.238 e. The molecule has 0 aliphatic carbocycles. The smallest absolute Gasteiger partial charge is 0.225 e. The third-order valence-electron chi connectivity index (χ3n) is 2.96. The Balaban J connectivity index is 1.90. The summed E-state index contributed by atoms with van der Waals surface area (Å²) in [6.45, 7) is 0. The van der Waals surface area contributed by atoms with E-state index >= 15 is 0 Å². The Kier molecular flexibility index (Phi) is 4.71. The lowest BCUT2D eigenvalue weighted by Crippen LogP contribution is -2.11. The Hall–Kier alpha value is -1.91. The van der Waals surface area contributed by atoms with E-state index in [1.807, 2.05) is 18.2 Å². The van der Waals surface area contributed by atoms with E-state index < -0.39 is 10.0 Å². The molecule has 2 rings (SSSR count). The minimum Gasteiger partial charge on any atom is -0.225 e. The van der Waals surface area contributed by atoms with Crippen molar-refractivity contribution < 1.29 is 8.42 Å². The fourth-order valence-electron chi connectivity index (χ4n) is 1.88. The molecule has 0 aliphatic rings. The first kappa shape index (κ1) is 14.5. The Morgan fingerprint density at radius 3 is 2.20 bits per heavy atom. The van der Waals surface area contributed by atoms with Gasteiger partial charge in [0.05, 0.1) is 4.90 Å². The first-order chi connectivity index (χ1) is 9.55. The first-order valence-corrected chi connectivity index (χ1v) is 7.94. The zero-order valence-corrected chi connectivity index (χ0v) is 11.9. The number of allylic oxidation sites excluding steroid dienone is 1. The highest BCUT2D eigenvalue weighted by Gasteiger charge is 2.05. The van der Waals surface area contributed by atoms with Crippen LogP contribution >= 0.6 is 0 Å². The van der Waals surface area contributed by atoms with Crippen LogP contribution < -0.4 is 5.14 Å². The molecular weight excluding hydrogens is 270 g/mol. The number of aryl methyl sites for hydroxylation is 1. The molecule has 0 saturated carbocycles. The van der Waals surface area contributed by atoms with Crippen molar-refractivity contribution in [1.82, 2.24) is 0 Å². The topological polar surface area (TPSA) is 60.2 Å². The summed E-state index contributed by atoms with van der Waals surface area (Å²) in [6, 6.07) is 16.8. The summed E-state index contributed by atoms with van der Waals surface area (Å²) in [4.78, 5) is 0.154. The summed E-state index contributed by atoms with van der Waals surface area (Å²) in [6.07, 6.45) is 5.97. The molecule has 3 nitrogen and oxygen atoms in total. The van der Waals surface area contributed by atoms with Crippen LogP contribution in [0.2, 0.25) is 0 Å². The molecule has 0 aliphatic heterocycles. The van der Waals surface area contributed by atoms with Gasteiger partial charge in [-0.3, -0.25) is 0 Å². The van der Waals surface area contributed by atoms with Crippen LogP contribution in [0.15, 0.2) is 65.6 Å². The molecule has 104 valence electrons. The molecule has 0 atom stereocenters. The highest BCUT2D eigenvalue weighted by molar-refractivity contribution is 7.89. The van der Waals surface area contributed by atoms with E-state index in [9.17, 15) is 8.42 Å². The number of hydrogen-bond donors (Lipinski definition) is 1. The van der Waals surface area contributed by atoms with Gasteiger partial charge < -0.3 is 0 Å². The van der Waals surface area contributed by atoms with Gasteiger partial charge in [0.15, 0.2) is 0 Å². The zero-order valence-electron chi connectivity index (χ0n) is 11.1. The van der Waals surface area contributed by atoms with Crippen molar-refractivity contribution in [1.29, 1.82) is 0 Å². The van der Waals surface area contributed by atoms with Crippen LogP contribution in [0.4, 0.5) is 0 Å². The molecule has 0 heterocycles. The molecule has 0 saturated heterocycles. The van der Waals surface area contributed by atoms with Crippen LogP contribution in [0.3, 0.4) is 0 Å². The average molecular weight is 287 g/mol. The van der Waals surface area contributed by atoms with E-state index in [-0.39, 0.29) is 4.90 Å². The molecule has 0 unspecified atom stereocenters. The quantitative estimate of drug-likeness (QED) is 0.919. The SMILES string of the molecule is NS(=O)(=O)c1ccc(CCC=Cc2ccccc2)cc1. The Labute approximate surface area is 119 Å². The fraction of sp³-hybridized carbons (Fsp3) is 0.125. The number of hydrogen-bond acceptors (Lipinski definition) is 2. The highest BCUT2D eigenvalue weighted by Crippen LogP contribution is 2.11. The molecule has 0 spiro atoms.